The van der Waals surface area contributed by atoms with E-state index in [1.807, 2.05) is 48.5 Å². The first kappa shape index (κ1) is 11.6. The number of benzene rings is 2. The maximum Gasteiger partial charge on any atom is 0.326 e. The average Bonchev–Trinajstić information content (AvgIpc) is 3.17. The number of ether oxygens (including phenoxy) is 1. The molecule has 19 heavy (non-hydrogen) atoms. The number of hydrogen-bond donors (Lipinski definition) is 2. The number of carbonyl (C=O) groups is 1. The lowest BCUT2D eigenvalue weighted by Crippen LogP contribution is -2.31. The summed E-state index contributed by atoms with van der Waals surface area (Å²) in [5.41, 5.74) is 1.75. The Kier molecular flexibility index (Phi) is 2.83. The van der Waals surface area contributed by atoms with E-state index < -0.39 is 12.0 Å². The maximum atomic E-state index is 11.3. The van der Waals surface area contributed by atoms with Gasteiger partial charge in [0, 0.05) is 18.2 Å². The molecule has 2 N–H and O–H groups in total. The number of carboxylic acids is 1. The van der Waals surface area contributed by atoms with Crippen LogP contribution in [0.4, 0.5) is 5.69 Å². The van der Waals surface area contributed by atoms with E-state index in [-0.39, 0.29) is 0 Å². The van der Waals surface area contributed by atoms with Crippen LogP contribution in [0.3, 0.4) is 0 Å². The molecule has 0 aliphatic carbocycles. The number of aliphatic carboxylic acids is 1. The van der Waals surface area contributed by atoms with Crippen LogP contribution in [-0.4, -0.2) is 17.1 Å². The molecule has 1 heterocycles. The smallest absolute Gasteiger partial charge is 0.326 e. The van der Waals surface area contributed by atoms with E-state index in [0.29, 0.717) is 6.42 Å². The van der Waals surface area contributed by atoms with Crippen LogP contribution in [0.1, 0.15) is 5.56 Å². The molecule has 1 unspecified atom stereocenters. The summed E-state index contributed by atoms with van der Waals surface area (Å²) < 4.78 is 5.15. The van der Waals surface area contributed by atoms with Gasteiger partial charge in [-0.15, -0.1) is 0 Å². The zero-order valence-electron chi connectivity index (χ0n) is 10.2. The highest BCUT2D eigenvalue weighted by Gasteiger charge is 2.22. The van der Waals surface area contributed by atoms with E-state index in [1.165, 1.54) is 0 Å². The Morgan fingerprint density at radius 1 is 1.16 bits per heavy atom. The lowest BCUT2D eigenvalue weighted by atomic mass is 10.1. The highest BCUT2D eigenvalue weighted by atomic mass is 16.6. The van der Waals surface area contributed by atoms with Crippen molar-refractivity contribution < 1.29 is 14.6 Å². The molecule has 1 aliphatic heterocycles. The number of fused-ring (bicyclic) bond motifs is 1. The Labute approximate surface area is 110 Å². The number of hydrogen-bond acceptors (Lipinski definition) is 3. The molecule has 4 heteroatoms. The van der Waals surface area contributed by atoms with Gasteiger partial charge in [-0.3, -0.25) is 0 Å². The summed E-state index contributed by atoms with van der Waals surface area (Å²) in [5.74, 6) is 0.809. The van der Waals surface area contributed by atoms with Gasteiger partial charge in [0.1, 0.15) is 6.04 Å². The Bertz CT molecular complexity index is 610. The van der Waals surface area contributed by atoms with Crippen molar-refractivity contribution in [2.24, 2.45) is 0 Å². The van der Waals surface area contributed by atoms with Crippen molar-refractivity contribution in [3.8, 4) is 11.5 Å². The van der Waals surface area contributed by atoms with Crippen LogP contribution in [0.5, 0.6) is 11.5 Å². The van der Waals surface area contributed by atoms with Crippen molar-refractivity contribution in [1.82, 2.24) is 0 Å². The second kappa shape index (κ2) is 4.65. The molecule has 0 radical (unpaired) electrons. The van der Waals surface area contributed by atoms with Crippen LogP contribution in [0.15, 0.2) is 48.5 Å². The molecule has 0 saturated heterocycles. The van der Waals surface area contributed by atoms with Crippen molar-refractivity contribution >= 4 is 11.7 Å². The summed E-state index contributed by atoms with van der Waals surface area (Å²) in [7, 11) is 0. The second-order valence-electron chi connectivity index (χ2n) is 4.49. The van der Waals surface area contributed by atoms with Crippen LogP contribution >= 0.6 is 0 Å². The number of anilines is 1. The molecule has 0 spiro atoms. The largest absolute Gasteiger partial charge is 0.480 e. The monoisotopic (exact) mass is 255 g/mol. The van der Waals surface area contributed by atoms with Crippen molar-refractivity contribution in [2.45, 2.75) is 12.5 Å². The molecule has 0 aromatic heterocycles. The lowest BCUT2D eigenvalue weighted by Gasteiger charge is -2.15. The Balaban J connectivity index is 1.73. The summed E-state index contributed by atoms with van der Waals surface area (Å²) >= 11 is 0. The number of nitrogens with one attached hydrogen (secondary N) is 1. The van der Waals surface area contributed by atoms with Gasteiger partial charge in [-0.2, -0.15) is 0 Å². The van der Waals surface area contributed by atoms with Crippen LogP contribution in [0.25, 0.3) is 0 Å². The van der Waals surface area contributed by atoms with Crippen LogP contribution in [0, 0.1) is 0 Å². The average molecular weight is 255 g/mol. The van der Waals surface area contributed by atoms with Crippen molar-refractivity contribution in [3.63, 3.8) is 0 Å². The SMILES string of the molecule is O=C(O)C(Cc1ccccc1)Nc1ccc2c(c1)O2. The molecule has 0 fully saturated rings. The van der Waals surface area contributed by atoms with Gasteiger partial charge in [-0.05, 0) is 17.7 Å². The normalized spacial score (nSPS) is 13.1. The quantitative estimate of drug-likeness (QED) is 0.688. The van der Waals surface area contributed by atoms with Gasteiger partial charge in [0.15, 0.2) is 11.5 Å². The summed E-state index contributed by atoms with van der Waals surface area (Å²) in [4.78, 5) is 11.3. The first-order chi connectivity index (χ1) is 9.22. The molecule has 1 aliphatic rings. The highest BCUT2D eigenvalue weighted by molar-refractivity contribution is 5.78. The molecule has 0 amide bonds. The van der Waals surface area contributed by atoms with Gasteiger partial charge >= 0.3 is 5.97 Å². The highest BCUT2D eigenvalue weighted by Crippen LogP contribution is 2.46. The third-order valence-corrected chi connectivity index (χ3v) is 3.04. The summed E-state index contributed by atoms with van der Waals surface area (Å²) in [6.45, 7) is 0. The molecular weight excluding hydrogens is 242 g/mol. The van der Waals surface area contributed by atoms with Gasteiger partial charge in [0.05, 0.1) is 0 Å². The molecule has 2 aromatic rings. The van der Waals surface area contributed by atoms with E-state index in [2.05, 4.69) is 5.32 Å². The molecule has 0 bridgehead atoms. The molecule has 0 saturated carbocycles. The van der Waals surface area contributed by atoms with E-state index in [9.17, 15) is 9.90 Å². The zero-order valence-corrected chi connectivity index (χ0v) is 10.2. The summed E-state index contributed by atoms with van der Waals surface area (Å²) in [6.07, 6.45) is 0.439. The minimum atomic E-state index is -0.866. The van der Waals surface area contributed by atoms with Gasteiger partial charge in [0.2, 0.25) is 0 Å². The molecule has 4 nitrogen and oxygen atoms in total. The summed E-state index contributed by atoms with van der Waals surface area (Å²) in [6, 6.07) is 14.4. The van der Waals surface area contributed by atoms with Crippen LogP contribution in [0.2, 0.25) is 0 Å². The van der Waals surface area contributed by atoms with Crippen molar-refractivity contribution in [2.75, 3.05) is 5.32 Å². The maximum absolute atomic E-state index is 11.3. The molecule has 3 rings (SSSR count). The van der Waals surface area contributed by atoms with Crippen molar-refractivity contribution in [3.05, 3.63) is 54.1 Å². The predicted molar refractivity (Wildman–Crippen MR) is 71.7 cm³/mol. The first-order valence-corrected chi connectivity index (χ1v) is 6.07. The van der Waals surface area contributed by atoms with Gasteiger partial charge in [0.25, 0.3) is 0 Å². The predicted octanol–water partition coefficient (Wildman–Crippen LogP) is 2.90. The van der Waals surface area contributed by atoms with E-state index in [0.717, 1.165) is 22.7 Å². The molecule has 1 atom stereocenters. The number of rotatable bonds is 5. The van der Waals surface area contributed by atoms with Gasteiger partial charge < -0.3 is 15.2 Å². The Morgan fingerprint density at radius 3 is 2.63 bits per heavy atom. The van der Waals surface area contributed by atoms with E-state index in [1.54, 1.807) is 0 Å². The standard InChI is InChI=1S/C15H13NO3/c17-15(18)12(8-10-4-2-1-3-5-10)16-11-6-7-13-14(9-11)19-13/h1-7,9,12,16H,8H2,(H,17,18). The number of carboxylic acid groups (broad SMARTS) is 1. The van der Waals surface area contributed by atoms with E-state index in [4.69, 9.17) is 4.74 Å². The topological polar surface area (TPSA) is 61.9 Å². The third-order valence-electron chi connectivity index (χ3n) is 3.04. The van der Waals surface area contributed by atoms with Gasteiger partial charge in [-0.1, -0.05) is 30.3 Å². The fourth-order valence-electron chi connectivity index (χ4n) is 2.01. The fourth-order valence-corrected chi connectivity index (χ4v) is 2.01. The first-order valence-electron chi connectivity index (χ1n) is 6.07. The minimum absolute atomic E-state index is 0.439. The van der Waals surface area contributed by atoms with Crippen LogP contribution < -0.4 is 10.1 Å². The zero-order chi connectivity index (χ0) is 13.2. The second-order valence-corrected chi connectivity index (χ2v) is 4.49. The molecular formula is C15H13NO3. The Morgan fingerprint density at radius 2 is 1.95 bits per heavy atom. The molecule has 96 valence electrons. The molecule has 2 aromatic carbocycles. The Hall–Kier alpha value is -2.49. The lowest BCUT2D eigenvalue weighted by molar-refractivity contribution is -0.137. The fraction of sp³-hybridized carbons (Fsp3) is 0.133. The van der Waals surface area contributed by atoms with Crippen LogP contribution in [-0.2, 0) is 11.2 Å². The third kappa shape index (κ3) is 2.68. The minimum Gasteiger partial charge on any atom is -0.480 e. The summed E-state index contributed by atoms with van der Waals surface area (Å²) in [5, 5.41) is 12.3. The van der Waals surface area contributed by atoms with Gasteiger partial charge in [-0.25, -0.2) is 4.79 Å². The van der Waals surface area contributed by atoms with E-state index >= 15 is 0 Å². The van der Waals surface area contributed by atoms with Crippen molar-refractivity contribution in [1.29, 1.82) is 0 Å².